The first-order chi connectivity index (χ1) is 6.15. The zero-order valence-electron chi connectivity index (χ0n) is 7.12. The Balaban J connectivity index is 2.63. The number of ether oxygens (including phenoxy) is 1. The lowest BCUT2D eigenvalue weighted by Crippen LogP contribution is -2.15. The lowest BCUT2D eigenvalue weighted by molar-refractivity contribution is -0.141. The van der Waals surface area contributed by atoms with Crippen molar-refractivity contribution >= 4 is 33.2 Å². The second-order valence-electron chi connectivity index (χ2n) is 2.54. The van der Waals surface area contributed by atoms with Crippen LogP contribution in [0.4, 0.5) is 0 Å². The van der Waals surface area contributed by atoms with Crippen LogP contribution in [0.3, 0.4) is 0 Å². The lowest BCUT2D eigenvalue weighted by Gasteiger charge is -2.08. The molecule has 1 atom stereocenters. The van der Waals surface area contributed by atoms with Crippen LogP contribution in [0, 0.1) is 0 Å². The van der Waals surface area contributed by atoms with Crippen molar-refractivity contribution in [1.82, 2.24) is 0 Å². The fourth-order valence-electron chi connectivity index (χ4n) is 0.943. The van der Waals surface area contributed by atoms with Gasteiger partial charge < -0.3 is 10.5 Å². The predicted molar refractivity (Wildman–Crippen MR) is 55.6 cm³/mol. The van der Waals surface area contributed by atoms with Crippen molar-refractivity contribution < 1.29 is 9.53 Å². The van der Waals surface area contributed by atoms with Gasteiger partial charge in [-0.05, 0) is 32.9 Å². The summed E-state index contributed by atoms with van der Waals surface area (Å²) >= 11 is 4.92. The monoisotopic (exact) mass is 263 g/mol. The van der Waals surface area contributed by atoms with Gasteiger partial charge in [0.2, 0.25) is 0 Å². The van der Waals surface area contributed by atoms with Crippen LogP contribution in [0.1, 0.15) is 18.0 Å². The second kappa shape index (κ2) is 4.74. The van der Waals surface area contributed by atoms with E-state index in [1.165, 1.54) is 7.11 Å². The Hall–Kier alpha value is -0.390. The number of rotatable bonds is 3. The zero-order chi connectivity index (χ0) is 9.84. The number of hydrogen-bond acceptors (Lipinski definition) is 4. The first-order valence-electron chi connectivity index (χ1n) is 3.70. The summed E-state index contributed by atoms with van der Waals surface area (Å²) in [5, 5.41) is 1.93. The molecule has 0 fully saturated rings. The van der Waals surface area contributed by atoms with Crippen LogP contribution in [0.5, 0.6) is 0 Å². The van der Waals surface area contributed by atoms with Gasteiger partial charge in [-0.2, -0.15) is 0 Å². The maximum absolute atomic E-state index is 10.9. The summed E-state index contributed by atoms with van der Waals surface area (Å²) in [5.74, 6) is -0.286. The SMILES string of the molecule is COC(=O)C[C@@H](N)c1ccsc1Br. The number of esters is 1. The topological polar surface area (TPSA) is 52.3 Å². The summed E-state index contributed by atoms with van der Waals surface area (Å²) in [5.41, 5.74) is 6.75. The lowest BCUT2D eigenvalue weighted by atomic mass is 10.1. The molecule has 0 amide bonds. The molecule has 0 radical (unpaired) electrons. The molecule has 0 saturated carbocycles. The number of thiophene rings is 1. The minimum absolute atomic E-state index is 0.214. The summed E-state index contributed by atoms with van der Waals surface area (Å²) in [4.78, 5) is 10.9. The molecule has 2 N–H and O–H groups in total. The largest absolute Gasteiger partial charge is 0.469 e. The van der Waals surface area contributed by atoms with Crippen LogP contribution in [0.15, 0.2) is 15.2 Å². The predicted octanol–water partition coefficient (Wildman–Crippen LogP) is 2.07. The first-order valence-corrected chi connectivity index (χ1v) is 5.37. The first kappa shape index (κ1) is 10.7. The van der Waals surface area contributed by atoms with Gasteiger partial charge in [-0.3, -0.25) is 4.79 Å². The van der Waals surface area contributed by atoms with E-state index in [1.807, 2.05) is 11.4 Å². The summed E-state index contributed by atoms with van der Waals surface area (Å²) in [7, 11) is 1.36. The highest BCUT2D eigenvalue weighted by Gasteiger charge is 2.14. The van der Waals surface area contributed by atoms with Gasteiger partial charge in [0.05, 0.1) is 17.3 Å². The van der Waals surface area contributed by atoms with Crippen LogP contribution in [0.2, 0.25) is 0 Å². The molecule has 0 aliphatic rings. The smallest absolute Gasteiger partial charge is 0.307 e. The molecule has 72 valence electrons. The number of halogens is 1. The molecule has 0 unspecified atom stereocenters. The molecular weight excluding hydrogens is 254 g/mol. The van der Waals surface area contributed by atoms with E-state index in [9.17, 15) is 4.79 Å². The molecule has 1 aromatic rings. The van der Waals surface area contributed by atoms with Crippen LogP contribution < -0.4 is 5.73 Å². The summed E-state index contributed by atoms with van der Waals surface area (Å²) in [6, 6.07) is 1.62. The average molecular weight is 264 g/mol. The van der Waals surface area contributed by atoms with Gasteiger partial charge in [-0.15, -0.1) is 11.3 Å². The van der Waals surface area contributed by atoms with E-state index < -0.39 is 0 Å². The third kappa shape index (κ3) is 2.79. The van der Waals surface area contributed by atoms with E-state index in [2.05, 4.69) is 20.7 Å². The van der Waals surface area contributed by atoms with E-state index in [1.54, 1.807) is 11.3 Å². The standard InChI is InChI=1S/C8H10BrNO2S/c1-12-7(11)4-6(10)5-2-3-13-8(5)9/h2-3,6H,4,10H2,1H3/t6-/m1/s1. The maximum atomic E-state index is 10.9. The average Bonchev–Trinajstić information content (AvgIpc) is 2.51. The van der Waals surface area contributed by atoms with Crippen LogP contribution in [0.25, 0.3) is 0 Å². The van der Waals surface area contributed by atoms with Gasteiger partial charge in [0.1, 0.15) is 0 Å². The van der Waals surface area contributed by atoms with Gasteiger partial charge in [-0.25, -0.2) is 0 Å². The Morgan fingerprint density at radius 3 is 3.00 bits per heavy atom. The summed E-state index contributed by atoms with van der Waals surface area (Å²) in [6.45, 7) is 0. The van der Waals surface area contributed by atoms with Crippen molar-refractivity contribution in [2.24, 2.45) is 5.73 Å². The number of methoxy groups -OCH3 is 1. The Morgan fingerprint density at radius 2 is 2.54 bits per heavy atom. The van der Waals surface area contributed by atoms with Crippen molar-refractivity contribution in [3.63, 3.8) is 0 Å². The third-order valence-corrected chi connectivity index (χ3v) is 3.39. The Kier molecular flexibility index (Phi) is 3.90. The highest BCUT2D eigenvalue weighted by Crippen LogP contribution is 2.29. The van der Waals surface area contributed by atoms with Crippen molar-refractivity contribution in [2.75, 3.05) is 7.11 Å². The fourth-order valence-corrected chi connectivity index (χ4v) is 2.38. The highest BCUT2D eigenvalue weighted by molar-refractivity contribution is 9.11. The highest BCUT2D eigenvalue weighted by atomic mass is 79.9. The van der Waals surface area contributed by atoms with Gasteiger partial charge >= 0.3 is 5.97 Å². The van der Waals surface area contributed by atoms with Crippen LogP contribution in [-0.4, -0.2) is 13.1 Å². The van der Waals surface area contributed by atoms with Gasteiger partial charge in [0, 0.05) is 6.04 Å². The Bertz CT molecular complexity index is 300. The molecule has 0 saturated heterocycles. The van der Waals surface area contributed by atoms with E-state index >= 15 is 0 Å². The van der Waals surface area contributed by atoms with Crippen molar-refractivity contribution in [2.45, 2.75) is 12.5 Å². The number of hydrogen-bond donors (Lipinski definition) is 1. The third-order valence-electron chi connectivity index (χ3n) is 1.66. The number of carbonyl (C=O) groups is 1. The Morgan fingerprint density at radius 1 is 1.85 bits per heavy atom. The van der Waals surface area contributed by atoms with Crippen molar-refractivity contribution in [3.05, 3.63) is 20.8 Å². The van der Waals surface area contributed by atoms with Crippen molar-refractivity contribution in [3.8, 4) is 0 Å². The molecular formula is C8H10BrNO2S. The molecule has 0 bridgehead atoms. The summed E-state index contributed by atoms with van der Waals surface area (Å²) < 4.78 is 5.50. The molecule has 5 heteroatoms. The minimum Gasteiger partial charge on any atom is -0.469 e. The molecule has 0 aliphatic carbocycles. The minimum atomic E-state index is -0.286. The summed E-state index contributed by atoms with van der Waals surface area (Å²) in [6.07, 6.45) is 0.214. The zero-order valence-corrected chi connectivity index (χ0v) is 9.52. The number of nitrogens with two attached hydrogens (primary N) is 1. The van der Waals surface area contributed by atoms with Crippen LogP contribution in [-0.2, 0) is 9.53 Å². The van der Waals surface area contributed by atoms with Gasteiger partial charge in [-0.1, -0.05) is 0 Å². The van der Waals surface area contributed by atoms with E-state index in [0.29, 0.717) is 0 Å². The van der Waals surface area contributed by atoms with Gasteiger partial charge in [0.25, 0.3) is 0 Å². The fraction of sp³-hybridized carbons (Fsp3) is 0.375. The molecule has 3 nitrogen and oxygen atoms in total. The van der Waals surface area contributed by atoms with Crippen LogP contribution >= 0.6 is 27.3 Å². The quantitative estimate of drug-likeness (QED) is 0.850. The maximum Gasteiger partial charge on any atom is 0.307 e. The molecule has 1 rings (SSSR count). The molecule has 0 spiro atoms. The molecule has 1 heterocycles. The molecule has 0 aromatic carbocycles. The molecule has 0 aliphatic heterocycles. The van der Waals surface area contributed by atoms with Crippen molar-refractivity contribution in [1.29, 1.82) is 0 Å². The van der Waals surface area contributed by atoms with Gasteiger partial charge in [0.15, 0.2) is 0 Å². The van der Waals surface area contributed by atoms with E-state index in [0.717, 1.165) is 9.35 Å². The molecule has 13 heavy (non-hydrogen) atoms. The van der Waals surface area contributed by atoms with E-state index in [4.69, 9.17) is 5.73 Å². The normalized spacial score (nSPS) is 12.5. The Labute approximate surface area is 89.0 Å². The second-order valence-corrected chi connectivity index (χ2v) is 4.77. The molecule has 1 aromatic heterocycles. The van der Waals surface area contributed by atoms with E-state index in [-0.39, 0.29) is 18.4 Å². The number of carbonyl (C=O) groups excluding carboxylic acids is 1.